The summed E-state index contributed by atoms with van der Waals surface area (Å²) < 4.78 is 1.75. The molecule has 1 N–H and O–H groups in total. The molecule has 22 heavy (non-hydrogen) atoms. The first-order valence-corrected chi connectivity index (χ1v) is 7.08. The molecule has 0 atom stereocenters. The second-order valence-corrected chi connectivity index (χ2v) is 5.36. The Balaban J connectivity index is 2.25. The Morgan fingerprint density at radius 1 is 1.18 bits per heavy atom. The molecule has 110 valence electrons. The van der Waals surface area contributed by atoms with Gasteiger partial charge in [-0.25, -0.2) is 9.78 Å². The standard InChI is InChI=1S/C17H13ClN2O2/c1-11-5-2-3-8-14(11)16-19-15(17(21)22)10-20(16)13-7-4-6-12(18)9-13/h2-10H,1H3,(H,21,22). The minimum absolute atomic E-state index is 0.00164. The fourth-order valence-electron chi connectivity index (χ4n) is 2.32. The minimum Gasteiger partial charge on any atom is -0.476 e. The lowest BCUT2D eigenvalue weighted by Gasteiger charge is -2.10. The number of carboxylic acid groups (broad SMARTS) is 1. The Morgan fingerprint density at radius 3 is 2.64 bits per heavy atom. The van der Waals surface area contributed by atoms with Crippen LogP contribution in [0.4, 0.5) is 0 Å². The van der Waals surface area contributed by atoms with Crippen molar-refractivity contribution in [2.75, 3.05) is 0 Å². The lowest BCUT2D eigenvalue weighted by atomic mass is 10.1. The topological polar surface area (TPSA) is 55.1 Å². The molecule has 0 aliphatic rings. The second-order valence-electron chi connectivity index (χ2n) is 4.92. The van der Waals surface area contributed by atoms with Gasteiger partial charge in [-0.1, -0.05) is 41.9 Å². The summed E-state index contributed by atoms with van der Waals surface area (Å²) in [5, 5.41) is 9.82. The van der Waals surface area contributed by atoms with Gasteiger partial charge in [-0.3, -0.25) is 4.57 Å². The lowest BCUT2D eigenvalue weighted by Crippen LogP contribution is -1.97. The van der Waals surface area contributed by atoms with Gasteiger partial charge in [0.25, 0.3) is 0 Å². The summed E-state index contributed by atoms with van der Waals surface area (Å²) in [6, 6.07) is 14.9. The van der Waals surface area contributed by atoms with Gasteiger partial charge in [-0.15, -0.1) is 0 Å². The third kappa shape index (κ3) is 2.61. The van der Waals surface area contributed by atoms with Crippen molar-refractivity contribution in [2.45, 2.75) is 6.92 Å². The highest BCUT2D eigenvalue weighted by atomic mass is 35.5. The molecule has 5 heteroatoms. The third-order valence-corrected chi connectivity index (χ3v) is 3.63. The van der Waals surface area contributed by atoms with Crippen LogP contribution in [0.15, 0.2) is 54.7 Å². The van der Waals surface area contributed by atoms with Crippen molar-refractivity contribution in [3.05, 3.63) is 71.0 Å². The summed E-state index contributed by atoms with van der Waals surface area (Å²) in [6.07, 6.45) is 1.51. The average molecular weight is 313 g/mol. The summed E-state index contributed by atoms with van der Waals surface area (Å²) in [7, 11) is 0. The van der Waals surface area contributed by atoms with Crippen molar-refractivity contribution in [3.63, 3.8) is 0 Å². The molecule has 0 aliphatic heterocycles. The number of hydrogen-bond donors (Lipinski definition) is 1. The average Bonchev–Trinajstić information content (AvgIpc) is 2.93. The molecule has 0 unspecified atom stereocenters. The van der Waals surface area contributed by atoms with Crippen molar-refractivity contribution < 1.29 is 9.90 Å². The predicted octanol–water partition coefficient (Wildman–Crippen LogP) is 4.20. The Labute approximate surface area is 132 Å². The molecule has 0 aliphatic carbocycles. The number of aromatic nitrogens is 2. The number of imidazole rings is 1. The van der Waals surface area contributed by atoms with E-state index in [4.69, 9.17) is 11.6 Å². The molecule has 1 aromatic heterocycles. The van der Waals surface area contributed by atoms with Gasteiger partial charge in [-0.05, 0) is 30.7 Å². The van der Waals surface area contributed by atoms with Crippen molar-refractivity contribution in [2.24, 2.45) is 0 Å². The van der Waals surface area contributed by atoms with Gasteiger partial charge >= 0.3 is 5.97 Å². The van der Waals surface area contributed by atoms with Crippen molar-refractivity contribution in [1.29, 1.82) is 0 Å². The SMILES string of the molecule is Cc1ccccc1-c1nc(C(=O)O)cn1-c1cccc(Cl)c1. The summed E-state index contributed by atoms with van der Waals surface area (Å²) in [5.74, 6) is -0.478. The van der Waals surface area contributed by atoms with Crippen LogP contribution in [0.5, 0.6) is 0 Å². The quantitative estimate of drug-likeness (QED) is 0.788. The van der Waals surface area contributed by atoms with Crippen LogP contribution in [0.3, 0.4) is 0 Å². The number of rotatable bonds is 3. The predicted molar refractivity (Wildman–Crippen MR) is 85.7 cm³/mol. The van der Waals surface area contributed by atoms with Crippen LogP contribution in [0, 0.1) is 6.92 Å². The molecule has 0 amide bonds. The van der Waals surface area contributed by atoms with Gasteiger partial charge in [0.15, 0.2) is 5.69 Å². The van der Waals surface area contributed by atoms with E-state index in [-0.39, 0.29) is 5.69 Å². The molecule has 3 rings (SSSR count). The van der Waals surface area contributed by atoms with Crippen LogP contribution in [0.25, 0.3) is 17.1 Å². The van der Waals surface area contributed by atoms with Gasteiger partial charge in [-0.2, -0.15) is 0 Å². The van der Waals surface area contributed by atoms with E-state index < -0.39 is 5.97 Å². The Bertz CT molecular complexity index is 855. The Kier molecular flexibility index (Phi) is 3.69. The summed E-state index contributed by atoms with van der Waals surface area (Å²) >= 11 is 6.04. The normalized spacial score (nSPS) is 10.6. The van der Waals surface area contributed by atoms with Crippen LogP contribution in [0.2, 0.25) is 5.02 Å². The van der Waals surface area contributed by atoms with E-state index >= 15 is 0 Å². The first-order valence-electron chi connectivity index (χ1n) is 6.71. The van der Waals surface area contributed by atoms with E-state index in [2.05, 4.69) is 4.98 Å². The van der Waals surface area contributed by atoms with E-state index in [9.17, 15) is 9.90 Å². The molecule has 3 aromatic rings. The zero-order valence-corrected chi connectivity index (χ0v) is 12.6. The molecule has 2 aromatic carbocycles. The first-order chi connectivity index (χ1) is 10.6. The maximum absolute atomic E-state index is 11.3. The molecule has 4 nitrogen and oxygen atoms in total. The fourth-order valence-corrected chi connectivity index (χ4v) is 2.50. The van der Waals surface area contributed by atoms with E-state index in [1.807, 2.05) is 43.3 Å². The number of hydrogen-bond acceptors (Lipinski definition) is 2. The van der Waals surface area contributed by atoms with E-state index in [0.717, 1.165) is 16.8 Å². The Hall–Kier alpha value is -2.59. The number of benzene rings is 2. The van der Waals surface area contributed by atoms with E-state index in [1.165, 1.54) is 6.20 Å². The number of halogens is 1. The number of nitrogens with zero attached hydrogens (tertiary/aromatic N) is 2. The van der Waals surface area contributed by atoms with E-state index in [1.54, 1.807) is 16.7 Å². The fraction of sp³-hybridized carbons (Fsp3) is 0.0588. The van der Waals surface area contributed by atoms with Crippen molar-refractivity contribution in [3.8, 4) is 17.1 Å². The Morgan fingerprint density at radius 2 is 1.95 bits per heavy atom. The van der Waals surface area contributed by atoms with Crippen LogP contribution in [-0.4, -0.2) is 20.6 Å². The van der Waals surface area contributed by atoms with Gasteiger partial charge in [0.1, 0.15) is 5.82 Å². The third-order valence-electron chi connectivity index (χ3n) is 3.40. The largest absolute Gasteiger partial charge is 0.476 e. The molecule has 1 heterocycles. The number of carbonyl (C=O) groups is 1. The highest BCUT2D eigenvalue weighted by Crippen LogP contribution is 2.27. The highest BCUT2D eigenvalue weighted by Gasteiger charge is 2.17. The smallest absolute Gasteiger partial charge is 0.356 e. The summed E-state index contributed by atoms with van der Waals surface area (Å²) in [4.78, 5) is 15.5. The van der Waals surface area contributed by atoms with Gasteiger partial charge < -0.3 is 5.11 Å². The lowest BCUT2D eigenvalue weighted by molar-refractivity contribution is 0.0691. The zero-order chi connectivity index (χ0) is 15.7. The maximum Gasteiger partial charge on any atom is 0.356 e. The first kappa shape index (κ1) is 14.4. The van der Waals surface area contributed by atoms with Crippen LogP contribution < -0.4 is 0 Å². The highest BCUT2D eigenvalue weighted by molar-refractivity contribution is 6.30. The molecule has 0 saturated carbocycles. The van der Waals surface area contributed by atoms with E-state index in [0.29, 0.717) is 10.8 Å². The summed E-state index contributed by atoms with van der Waals surface area (Å²) in [5.41, 5.74) is 2.67. The van der Waals surface area contributed by atoms with Gasteiger partial charge in [0, 0.05) is 22.5 Å². The minimum atomic E-state index is -1.06. The van der Waals surface area contributed by atoms with Crippen molar-refractivity contribution in [1.82, 2.24) is 9.55 Å². The maximum atomic E-state index is 11.3. The molecule has 0 bridgehead atoms. The number of aryl methyl sites for hydroxylation is 1. The van der Waals surface area contributed by atoms with Crippen molar-refractivity contribution >= 4 is 17.6 Å². The summed E-state index contributed by atoms with van der Waals surface area (Å²) in [6.45, 7) is 1.97. The zero-order valence-electron chi connectivity index (χ0n) is 11.8. The molecular weight excluding hydrogens is 300 g/mol. The number of aromatic carboxylic acids is 1. The van der Waals surface area contributed by atoms with Crippen LogP contribution in [-0.2, 0) is 0 Å². The molecule has 0 saturated heterocycles. The van der Waals surface area contributed by atoms with Gasteiger partial charge in [0.2, 0.25) is 0 Å². The molecule has 0 radical (unpaired) electrons. The molecule has 0 spiro atoms. The molecular formula is C17H13ClN2O2. The monoisotopic (exact) mass is 312 g/mol. The van der Waals surface area contributed by atoms with Gasteiger partial charge in [0.05, 0.1) is 0 Å². The second kappa shape index (κ2) is 5.66. The molecule has 0 fully saturated rings. The van der Waals surface area contributed by atoms with Crippen LogP contribution >= 0.6 is 11.6 Å². The number of carboxylic acids is 1. The van der Waals surface area contributed by atoms with Crippen LogP contribution in [0.1, 0.15) is 16.1 Å².